The summed E-state index contributed by atoms with van der Waals surface area (Å²) in [7, 11) is 0. The summed E-state index contributed by atoms with van der Waals surface area (Å²) < 4.78 is 15.0. The van der Waals surface area contributed by atoms with Gasteiger partial charge in [0.15, 0.2) is 0 Å². The highest BCUT2D eigenvalue weighted by Crippen LogP contribution is 2.32. The van der Waals surface area contributed by atoms with Crippen LogP contribution < -0.4 is 10.2 Å². The van der Waals surface area contributed by atoms with Gasteiger partial charge in [0.25, 0.3) is 0 Å². The van der Waals surface area contributed by atoms with Crippen LogP contribution in [-0.2, 0) is 16.0 Å². The molecule has 32 heavy (non-hydrogen) atoms. The van der Waals surface area contributed by atoms with Crippen LogP contribution in [0, 0.1) is 5.82 Å². The normalized spacial score (nSPS) is 14.8. The van der Waals surface area contributed by atoms with Gasteiger partial charge in [-0.05, 0) is 54.6 Å². The summed E-state index contributed by atoms with van der Waals surface area (Å²) in [5.41, 5.74) is 0.656. The molecule has 4 nitrogen and oxygen atoms in total. The van der Waals surface area contributed by atoms with Crippen LogP contribution in [0.15, 0.2) is 66.0 Å². The van der Waals surface area contributed by atoms with E-state index in [0.29, 0.717) is 10.7 Å². The van der Waals surface area contributed by atoms with Crippen LogP contribution in [0.1, 0.15) is 42.2 Å². The van der Waals surface area contributed by atoms with Gasteiger partial charge in [-0.1, -0.05) is 48.7 Å². The van der Waals surface area contributed by atoms with Crippen LogP contribution in [0.4, 0.5) is 10.1 Å². The maximum absolute atomic E-state index is 15.0. The van der Waals surface area contributed by atoms with Crippen molar-refractivity contribution in [2.24, 2.45) is 0 Å². The van der Waals surface area contributed by atoms with Crippen molar-refractivity contribution in [3.05, 3.63) is 87.3 Å². The number of benzene rings is 2. The molecule has 1 saturated carbocycles. The summed E-state index contributed by atoms with van der Waals surface area (Å²) in [6, 6.07) is 15.5. The molecule has 1 atom stereocenters. The third-order valence-electron chi connectivity index (χ3n) is 5.69. The minimum atomic E-state index is -1.13. The third-order valence-corrected chi connectivity index (χ3v) is 6.82. The van der Waals surface area contributed by atoms with Gasteiger partial charge < -0.3 is 5.32 Å². The molecule has 0 saturated heterocycles. The molecule has 1 aromatic heterocycles. The molecule has 4 rings (SSSR count). The number of amides is 2. The zero-order valence-electron chi connectivity index (χ0n) is 17.5. The van der Waals surface area contributed by atoms with Crippen molar-refractivity contribution in [2.75, 3.05) is 4.90 Å². The number of halogens is 2. The predicted molar refractivity (Wildman–Crippen MR) is 127 cm³/mol. The van der Waals surface area contributed by atoms with Crippen molar-refractivity contribution in [3.8, 4) is 0 Å². The molecule has 1 aliphatic rings. The molecule has 0 radical (unpaired) electrons. The second kappa shape index (κ2) is 10.3. The monoisotopic (exact) mass is 470 g/mol. The van der Waals surface area contributed by atoms with Crippen LogP contribution in [0.25, 0.3) is 0 Å². The Bertz CT molecular complexity index is 1070. The lowest BCUT2D eigenvalue weighted by Crippen LogP contribution is -2.47. The SMILES string of the molecule is O=C(NC1CCCC1)C(c1ccccc1F)N(C(=O)Cc1cccs1)c1ccc(Cl)cc1. The maximum Gasteiger partial charge on any atom is 0.248 e. The summed E-state index contributed by atoms with van der Waals surface area (Å²) in [6.45, 7) is 0. The Kier molecular flexibility index (Phi) is 7.22. The van der Waals surface area contributed by atoms with Crippen molar-refractivity contribution in [1.29, 1.82) is 0 Å². The van der Waals surface area contributed by atoms with E-state index in [-0.39, 0.29) is 29.8 Å². The van der Waals surface area contributed by atoms with E-state index in [0.717, 1.165) is 30.6 Å². The highest BCUT2D eigenvalue weighted by Gasteiger charge is 2.35. The molecule has 0 bridgehead atoms. The zero-order valence-corrected chi connectivity index (χ0v) is 19.0. The van der Waals surface area contributed by atoms with Gasteiger partial charge in [-0.25, -0.2) is 4.39 Å². The van der Waals surface area contributed by atoms with Gasteiger partial charge in [0.2, 0.25) is 11.8 Å². The summed E-state index contributed by atoms with van der Waals surface area (Å²) in [5, 5.41) is 5.47. The molecule has 1 heterocycles. The van der Waals surface area contributed by atoms with Crippen molar-refractivity contribution < 1.29 is 14.0 Å². The lowest BCUT2D eigenvalue weighted by Gasteiger charge is -2.32. The molecular weight excluding hydrogens is 447 g/mol. The van der Waals surface area contributed by atoms with Gasteiger partial charge in [0.1, 0.15) is 11.9 Å². The number of thiophene rings is 1. The fourth-order valence-electron chi connectivity index (χ4n) is 4.13. The summed E-state index contributed by atoms with van der Waals surface area (Å²) in [5.74, 6) is -1.19. The number of nitrogens with zero attached hydrogens (tertiary/aromatic N) is 1. The maximum atomic E-state index is 15.0. The quantitative estimate of drug-likeness (QED) is 0.466. The van der Waals surface area contributed by atoms with Crippen LogP contribution in [-0.4, -0.2) is 17.9 Å². The first-order valence-corrected chi connectivity index (χ1v) is 11.9. The van der Waals surface area contributed by atoms with E-state index in [4.69, 9.17) is 11.6 Å². The molecule has 1 fully saturated rings. The largest absolute Gasteiger partial charge is 0.351 e. The van der Waals surface area contributed by atoms with E-state index in [1.54, 1.807) is 42.5 Å². The van der Waals surface area contributed by atoms with Crippen LogP contribution >= 0.6 is 22.9 Å². The minimum Gasteiger partial charge on any atom is -0.351 e. The van der Waals surface area contributed by atoms with Gasteiger partial charge in [0, 0.05) is 27.2 Å². The minimum absolute atomic E-state index is 0.0382. The molecule has 166 valence electrons. The first-order chi connectivity index (χ1) is 15.5. The standard InChI is InChI=1S/C25H24ClFN2O2S/c26-17-11-13-19(14-12-17)29(23(30)16-20-8-5-15-32-20)24(21-9-3-4-10-22(21)27)25(31)28-18-6-1-2-7-18/h3-5,8-15,18,24H,1-2,6-7,16H2,(H,28,31). The molecular formula is C25H24ClFN2O2S. The van der Waals surface area contributed by atoms with Crippen molar-refractivity contribution >= 4 is 40.4 Å². The van der Waals surface area contributed by atoms with Gasteiger partial charge in [-0.15, -0.1) is 11.3 Å². The number of carbonyl (C=O) groups excluding carboxylic acids is 2. The zero-order chi connectivity index (χ0) is 22.5. The summed E-state index contributed by atoms with van der Waals surface area (Å²) in [4.78, 5) is 29.4. The smallest absolute Gasteiger partial charge is 0.248 e. The molecule has 1 unspecified atom stereocenters. The Labute approximate surface area is 196 Å². The number of rotatable bonds is 7. The van der Waals surface area contributed by atoms with E-state index in [2.05, 4.69) is 5.32 Å². The van der Waals surface area contributed by atoms with Gasteiger partial charge in [0.05, 0.1) is 6.42 Å². The third kappa shape index (κ3) is 5.19. The highest BCUT2D eigenvalue weighted by molar-refractivity contribution is 7.10. The topological polar surface area (TPSA) is 49.4 Å². The van der Waals surface area contributed by atoms with Crippen molar-refractivity contribution in [2.45, 2.75) is 44.2 Å². The van der Waals surface area contributed by atoms with Crippen LogP contribution in [0.3, 0.4) is 0 Å². The van der Waals surface area contributed by atoms with Gasteiger partial charge >= 0.3 is 0 Å². The number of hydrogen-bond acceptors (Lipinski definition) is 3. The fourth-order valence-corrected chi connectivity index (χ4v) is 4.95. The Morgan fingerprint density at radius 2 is 1.78 bits per heavy atom. The van der Waals surface area contributed by atoms with E-state index >= 15 is 0 Å². The molecule has 7 heteroatoms. The average molecular weight is 471 g/mol. The van der Waals surface area contributed by atoms with Crippen LogP contribution in [0.5, 0.6) is 0 Å². The Morgan fingerprint density at radius 1 is 1.06 bits per heavy atom. The lowest BCUT2D eigenvalue weighted by molar-refractivity contribution is -0.127. The Balaban J connectivity index is 1.77. The van der Waals surface area contributed by atoms with Crippen LogP contribution in [0.2, 0.25) is 5.02 Å². The second-order valence-corrected chi connectivity index (χ2v) is 9.38. The van der Waals surface area contributed by atoms with E-state index in [1.807, 2.05) is 17.5 Å². The van der Waals surface area contributed by atoms with E-state index in [9.17, 15) is 14.0 Å². The Hall–Kier alpha value is -2.70. The molecule has 2 amide bonds. The predicted octanol–water partition coefficient (Wildman–Crippen LogP) is 5.92. The van der Waals surface area contributed by atoms with Crippen molar-refractivity contribution in [3.63, 3.8) is 0 Å². The molecule has 2 aromatic carbocycles. The molecule has 3 aromatic rings. The fraction of sp³-hybridized carbons (Fsp3) is 0.280. The number of hydrogen-bond donors (Lipinski definition) is 1. The second-order valence-electron chi connectivity index (χ2n) is 7.91. The number of anilines is 1. The van der Waals surface area contributed by atoms with E-state index < -0.39 is 11.9 Å². The number of nitrogens with one attached hydrogen (secondary N) is 1. The highest BCUT2D eigenvalue weighted by atomic mass is 35.5. The van der Waals surface area contributed by atoms with Gasteiger partial charge in [-0.2, -0.15) is 0 Å². The number of carbonyl (C=O) groups is 2. The van der Waals surface area contributed by atoms with Gasteiger partial charge in [-0.3, -0.25) is 14.5 Å². The molecule has 0 aliphatic heterocycles. The first kappa shape index (κ1) is 22.5. The lowest BCUT2D eigenvalue weighted by atomic mass is 10.0. The summed E-state index contributed by atoms with van der Waals surface area (Å²) >= 11 is 7.54. The molecule has 1 N–H and O–H groups in total. The summed E-state index contributed by atoms with van der Waals surface area (Å²) in [6.07, 6.45) is 3.99. The molecule has 0 spiro atoms. The Morgan fingerprint density at radius 3 is 2.44 bits per heavy atom. The first-order valence-electron chi connectivity index (χ1n) is 10.7. The molecule has 1 aliphatic carbocycles. The average Bonchev–Trinajstić information content (AvgIpc) is 3.48. The van der Waals surface area contributed by atoms with Crippen molar-refractivity contribution in [1.82, 2.24) is 5.32 Å². The van der Waals surface area contributed by atoms with E-state index in [1.165, 1.54) is 22.3 Å².